The maximum atomic E-state index is 9.83. The second kappa shape index (κ2) is 6.24. The zero-order valence-electron chi connectivity index (χ0n) is 10.6. The highest BCUT2D eigenvalue weighted by atomic mass is 16.3. The van der Waals surface area contributed by atoms with Gasteiger partial charge >= 0.3 is 0 Å². The summed E-state index contributed by atoms with van der Waals surface area (Å²) in [5.41, 5.74) is 5.93. The molecule has 0 aliphatic heterocycles. The number of aliphatic hydroxyl groups excluding tert-OH is 1. The fourth-order valence-corrected chi connectivity index (χ4v) is 2.91. The van der Waals surface area contributed by atoms with Gasteiger partial charge in [0.1, 0.15) is 0 Å². The van der Waals surface area contributed by atoms with E-state index in [1.165, 1.54) is 32.1 Å². The van der Waals surface area contributed by atoms with Gasteiger partial charge in [-0.15, -0.1) is 0 Å². The van der Waals surface area contributed by atoms with E-state index in [-0.39, 0.29) is 12.1 Å². The molecular formula is C13H25N3O. The molecule has 0 aromatic heterocycles. The van der Waals surface area contributed by atoms with Crippen LogP contribution in [-0.2, 0) is 0 Å². The minimum Gasteiger partial charge on any atom is -0.391 e. The maximum absolute atomic E-state index is 9.83. The van der Waals surface area contributed by atoms with E-state index in [2.05, 4.69) is 10.3 Å². The molecule has 2 aliphatic rings. The third-order valence-electron chi connectivity index (χ3n) is 3.96. The van der Waals surface area contributed by atoms with Crippen LogP contribution in [0.5, 0.6) is 0 Å². The zero-order valence-corrected chi connectivity index (χ0v) is 10.6. The summed E-state index contributed by atoms with van der Waals surface area (Å²) in [7, 11) is 0. The SMILES string of the molecule is NC(=NC1CCCCC1O)NC1CCCCC1. The minimum absolute atomic E-state index is 0.0137. The van der Waals surface area contributed by atoms with E-state index in [0.717, 1.165) is 25.7 Å². The molecule has 0 saturated heterocycles. The first kappa shape index (κ1) is 12.7. The van der Waals surface area contributed by atoms with Crippen LogP contribution in [0.25, 0.3) is 0 Å². The molecule has 0 spiro atoms. The Hall–Kier alpha value is -0.770. The lowest BCUT2D eigenvalue weighted by Gasteiger charge is -2.27. The van der Waals surface area contributed by atoms with Crippen molar-refractivity contribution in [1.82, 2.24) is 5.32 Å². The van der Waals surface area contributed by atoms with Crippen molar-refractivity contribution in [3.63, 3.8) is 0 Å². The molecule has 4 N–H and O–H groups in total. The average Bonchev–Trinajstić information content (AvgIpc) is 2.33. The molecule has 0 aromatic rings. The zero-order chi connectivity index (χ0) is 12.1. The van der Waals surface area contributed by atoms with Gasteiger partial charge in [-0.2, -0.15) is 0 Å². The second-order valence-electron chi connectivity index (χ2n) is 5.41. The highest BCUT2D eigenvalue weighted by Crippen LogP contribution is 2.21. The Morgan fingerprint density at radius 3 is 2.35 bits per heavy atom. The number of nitrogens with zero attached hydrogens (tertiary/aromatic N) is 1. The fourth-order valence-electron chi connectivity index (χ4n) is 2.91. The van der Waals surface area contributed by atoms with Crippen LogP contribution < -0.4 is 11.1 Å². The van der Waals surface area contributed by atoms with Crippen LogP contribution in [0.2, 0.25) is 0 Å². The molecule has 0 heterocycles. The number of nitrogens with one attached hydrogen (secondary N) is 1. The summed E-state index contributed by atoms with van der Waals surface area (Å²) in [6, 6.07) is 0.507. The summed E-state index contributed by atoms with van der Waals surface area (Å²) in [4.78, 5) is 4.44. The van der Waals surface area contributed by atoms with Gasteiger partial charge in [0.25, 0.3) is 0 Å². The topological polar surface area (TPSA) is 70.6 Å². The lowest BCUT2D eigenvalue weighted by Crippen LogP contribution is -2.43. The Balaban J connectivity index is 1.82. The highest BCUT2D eigenvalue weighted by molar-refractivity contribution is 5.78. The predicted molar refractivity (Wildman–Crippen MR) is 69.9 cm³/mol. The largest absolute Gasteiger partial charge is 0.391 e. The summed E-state index contributed by atoms with van der Waals surface area (Å²) in [6.07, 6.45) is 10.1. The van der Waals surface area contributed by atoms with E-state index in [1.807, 2.05) is 0 Å². The Bertz CT molecular complexity index is 261. The average molecular weight is 239 g/mol. The van der Waals surface area contributed by atoms with Crippen molar-refractivity contribution in [1.29, 1.82) is 0 Å². The molecule has 2 unspecified atom stereocenters. The summed E-state index contributed by atoms with van der Waals surface area (Å²) >= 11 is 0. The lowest BCUT2D eigenvalue weighted by molar-refractivity contribution is 0.109. The van der Waals surface area contributed by atoms with E-state index < -0.39 is 0 Å². The fraction of sp³-hybridized carbons (Fsp3) is 0.923. The van der Waals surface area contributed by atoms with Gasteiger partial charge in [-0.1, -0.05) is 32.1 Å². The van der Waals surface area contributed by atoms with Crippen molar-refractivity contribution < 1.29 is 5.11 Å². The first-order chi connectivity index (χ1) is 8.25. The van der Waals surface area contributed by atoms with Crippen molar-refractivity contribution in [3.8, 4) is 0 Å². The van der Waals surface area contributed by atoms with E-state index in [4.69, 9.17) is 5.73 Å². The van der Waals surface area contributed by atoms with Crippen LogP contribution in [0.15, 0.2) is 4.99 Å². The molecule has 17 heavy (non-hydrogen) atoms. The summed E-state index contributed by atoms with van der Waals surface area (Å²) < 4.78 is 0. The molecule has 4 heteroatoms. The van der Waals surface area contributed by atoms with Crippen LogP contribution in [0, 0.1) is 0 Å². The monoisotopic (exact) mass is 239 g/mol. The van der Waals surface area contributed by atoms with Gasteiger partial charge in [-0.25, -0.2) is 4.99 Å². The highest BCUT2D eigenvalue weighted by Gasteiger charge is 2.23. The molecule has 0 amide bonds. The normalized spacial score (nSPS) is 32.4. The van der Waals surface area contributed by atoms with Gasteiger partial charge in [0.2, 0.25) is 0 Å². The van der Waals surface area contributed by atoms with Gasteiger partial charge in [-0.05, 0) is 25.7 Å². The van der Waals surface area contributed by atoms with Crippen molar-refractivity contribution in [2.45, 2.75) is 76.0 Å². The summed E-state index contributed by atoms with van der Waals surface area (Å²) in [6.45, 7) is 0. The molecule has 0 radical (unpaired) electrons. The molecule has 2 aliphatic carbocycles. The third-order valence-corrected chi connectivity index (χ3v) is 3.96. The molecule has 4 nitrogen and oxygen atoms in total. The van der Waals surface area contributed by atoms with Crippen molar-refractivity contribution in [2.75, 3.05) is 0 Å². The number of rotatable bonds is 2. The quantitative estimate of drug-likeness (QED) is 0.505. The molecule has 2 saturated carbocycles. The minimum atomic E-state index is -0.296. The van der Waals surface area contributed by atoms with Crippen molar-refractivity contribution in [3.05, 3.63) is 0 Å². The maximum Gasteiger partial charge on any atom is 0.189 e. The molecule has 98 valence electrons. The van der Waals surface area contributed by atoms with Crippen molar-refractivity contribution >= 4 is 5.96 Å². The standard InChI is InChI=1S/C13H25N3O/c14-13(15-10-6-2-1-3-7-10)16-11-8-4-5-9-12(11)17/h10-12,17H,1-9H2,(H3,14,15,16). The molecule has 0 bridgehead atoms. The number of guanidine groups is 1. The molecule has 0 aromatic carbocycles. The van der Waals surface area contributed by atoms with Crippen LogP contribution in [-0.4, -0.2) is 29.3 Å². The molecule has 2 atom stereocenters. The van der Waals surface area contributed by atoms with Gasteiger partial charge in [0.15, 0.2) is 5.96 Å². The van der Waals surface area contributed by atoms with Crippen LogP contribution >= 0.6 is 0 Å². The number of hydrogen-bond donors (Lipinski definition) is 3. The number of aliphatic hydroxyl groups is 1. The van der Waals surface area contributed by atoms with Crippen LogP contribution in [0.3, 0.4) is 0 Å². The van der Waals surface area contributed by atoms with E-state index in [0.29, 0.717) is 12.0 Å². The third kappa shape index (κ3) is 3.87. The van der Waals surface area contributed by atoms with Gasteiger partial charge in [-0.3, -0.25) is 0 Å². The predicted octanol–water partition coefficient (Wildman–Crippen LogP) is 1.53. The Morgan fingerprint density at radius 1 is 1.00 bits per heavy atom. The van der Waals surface area contributed by atoms with Crippen molar-refractivity contribution in [2.24, 2.45) is 10.7 Å². The smallest absolute Gasteiger partial charge is 0.189 e. The van der Waals surface area contributed by atoms with E-state index in [1.54, 1.807) is 0 Å². The Morgan fingerprint density at radius 2 is 1.65 bits per heavy atom. The summed E-state index contributed by atoms with van der Waals surface area (Å²) in [5.74, 6) is 0.530. The second-order valence-corrected chi connectivity index (χ2v) is 5.41. The lowest BCUT2D eigenvalue weighted by atomic mass is 9.93. The number of nitrogens with two attached hydrogens (primary N) is 1. The molecule has 2 rings (SSSR count). The van der Waals surface area contributed by atoms with Gasteiger partial charge in [0, 0.05) is 6.04 Å². The first-order valence-corrected chi connectivity index (χ1v) is 7.03. The molecular weight excluding hydrogens is 214 g/mol. The van der Waals surface area contributed by atoms with Crippen LogP contribution in [0.1, 0.15) is 57.8 Å². The number of aliphatic imine (C=N–C) groups is 1. The Labute approximate surface area is 104 Å². The summed E-state index contributed by atoms with van der Waals surface area (Å²) in [5, 5.41) is 13.1. The van der Waals surface area contributed by atoms with Crippen LogP contribution in [0.4, 0.5) is 0 Å². The van der Waals surface area contributed by atoms with Gasteiger partial charge < -0.3 is 16.2 Å². The van der Waals surface area contributed by atoms with E-state index >= 15 is 0 Å². The van der Waals surface area contributed by atoms with E-state index in [9.17, 15) is 5.11 Å². The number of hydrogen-bond acceptors (Lipinski definition) is 2. The molecule has 2 fully saturated rings. The van der Waals surface area contributed by atoms with Gasteiger partial charge in [0.05, 0.1) is 12.1 Å². The first-order valence-electron chi connectivity index (χ1n) is 7.03. The Kier molecular flexibility index (Phi) is 4.66.